The van der Waals surface area contributed by atoms with E-state index in [0.29, 0.717) is 0 Å². The summed E-state index contributed by atoms with van der Waals surface area (Å²) in [6, 6.07) is 0. The Morgan fingerprint density at radius 1 is 1.67 bits per heavy atom. The van der Waals surface area contributed by atoms with Gasteiger partial charge in [-0.2, -0.15) is 5.10 Å². The highest BCUT2D eigenvalue weighted by Gasteiger charge is 1.90. The Bertz CT molecular complexity index is 212. The average Bonchev–Trinajstić information content (AvgIpc) is 2.18. The molecule has 3 nitrogen and oxygen atoms in total. The number of hydrogen-bond donors (Lipinski definition) is 0. The first-order chi connectivity index (χ1) is 4.34. The highest BCUT2D eigenvalue weighted by Crippen LogP contribution is 1.91. The van der Waals surface area contributed by atoms with Gasteiger partial charge in [-0.1, -0.05) is 6.08 Å². The van der Waals surface area contributed by atoms with E-state index in [1.165, 1.54) is 6.33 Å². The van der Waals surface area contributed by atoms with Crippen LogP contribution in [0.3, 0.4) is 0 Å². The monoisotopic (exact) mass is 123 g/mol. The van der Waals surface area contributed by atoms with E-state index in [2.05, 4.69) is 10.1 Å². The van der Waals surface area contributed by atoms with Crippen molar-refractivity contribution in [1.29, 1.82) is 0 Å². The van der Waals surface area contributed by atoms with E-state index in [4.69, 9.17) is 0 Å². The lowest BCUT2D eigenvalue weighted by Gasteiger charge is -1.87. The Morgan fingerprint density at radius 3 is 2.89 bits per heavy atom. The van der Waals surface area contributed by atoms with Gasteiger partial charge in [0.05, 0.1) is 0 Å². The van der Waals surface area contributed by atoms with E-state index in [9.17, 15) is 0 Å². The van der Waals surface area contributed by atoms with Crippen molar-refractivity contribution in [2.45, 2.75) is 6.92 Å². The number of aromatic nitrogens is 3. The van der Waals surface area contributed by atoms with Crippen molar-refractivity contribution in [2.75, 3.05) is 0 Å². The van der Waals surface area contributed by atoms with Gasteiger partial charge in [0.25, 0.3) is 0 Å². The lowest BCUT2D eigenvalue weighted by atomic mass is 10.5. The second-order valence-corrected chi connectivity index (χ2v) is 1.74. The Morgan fingerprint density at radius 2 is 2.44 bits per heavy atom. The van der Waals surface area contributed by atoms with Crippen LogP contribution in [0.4, 0.5) is 0 Å². The number of aryl methyl sites for hydroxylation is 1. The van der Waals surface area contributed by atoms with Crippen LogP contribution in [0.25, 0.3) is 6.08 Å². The van der Waals surface area contributed by atoms with Gasteiger partial charge in [0.15, 0.2) is 0 Å². The van der Waals surface area contributed by atoms with Gasteiger partial charge in [0.2, 0.25) is 0 Å². The smallest absolute Gasteiger partial charge is 0.150 e. The normalized spacial score (nSPS) is 10.9. The fourth-order valence-electron chi connectivity index (χ4n) is 0.605. The summed E-state index contributed by atoms with van der Waals surface area (Å²) in [5, 5.41) is 3.89. The van der Waals surface area contributed by atoms with Gasteiger partial charge >= 0.3 is 0 Å². The Hall–Kier alpha value is -1.12. The first-order valence-electron chi connectivity index (χ1n) is 2.81. The molecule has 0 spiro atoms. The Kier molecular flexibility index (Phi) is 1.63. The zero-order valence-electron chi connectivity index (χ0n) is 5.57. The molecule has 0 saturated heterocycles. The zero-order valence-corrected chi connectivity index (χ0v) is 5.57. The van der Waals surface area contributed by atoms with Crippen molar-refractivity contribution in [1.82, 2.24) is 14.8 Å². The lowest BCUT2D eigenvalue weighted by molar-refractivity contribution is 0.756. The quantitative estimate of drug-likeness (QED) is 0.554. The maximum Gasteiger partial charge on any atom is 0.150 e. The minimum atomic E-state index is 0.887. The van der Waals surface area contributed by atoms with Gasteiger partial charge in [-0.05, 0) is 13.0 Å². The molecule has 0 N–H and O–H groups in total. The van der Waals surface area contributed by atoms with Crippen LogP contribution >= 0.6 is 0 Å². The minimum Gasteiger partial charge on any atom is -0.249 e. The third-order valence-corrected chi connectivity index (χ3v) is 1.06. The highest BCUT2D eigenvalue weighted by atomic mass is 15.3. The highest BCUT2D eigenvalue weighted by molar-refractivity contribution is 5.38. The van der Waals surface area contributed by atoms with E-state index in [1.54, 1.807) is 4.68 Å². The second kappa shape index (κ2) is 2.44. The summed E-state index contributed by atoms with van der Waals surface area (Å²) in [5.74, 6) is 0.887. The fraction of sp³-hybridized carbons (Fsp3) is 0.333. The maximum atomic E-state index is 3.97. The average molecular weight is 123 g/mol. The molecule has 1 rings (SSSR count). The molecule has 3 heteroatoms. The standard InChI is InChI=1S/C6H9N3/c1-3-4-6-7-5-8-9(6)2/h3-5H,1-2H3/b4-3+. The molecule has 0 aliphatic rings. The molecule has 1 heterocycles. The molecule has 48 valence electrons. The molecule has 0 aromatic carbocycles. The summed E-state index contributed by atoms with van der Waals surface area (Å²) >= 11 is 0. The van der Waals surface area contributed by atoms with Crippen LogP contribution in [-0.4, -0.2) is 14.8 Å². The van der Waals surface area contributed by atoms with Crippen LogP contribution in [0.1, 0.15) is 12.7 Å². The number of rotatable bonds is 1. The summed E-state index contributed by atoms with van der Waals surface area (Å²) in [6.45, 7) is 1.95. The number of allylic oxidation sites excluding steroid dienone is 1. The summed E-state index contributed by atoms with van der Waals surface area (Å²) < 4.78 is 1.72. The van der Waals surface area contributed by atoms with E-state index in [0.717, 1.165) is 5.82 Å². The van der Waals surface area contributed by atoms with Crippen LogP contribution in [-0.2, 0) is 7.05 Å². The number of nitrogens with zero attached hydrogens (tertiary/aromatic N) is 3. The second-order valence-electron chi connectivity index (χ2n) is 1.74. The predicted octanol–water partition coefficient (Wildman–Crippen LogP) is 0.848. The summed E-state index contributed by atoms with van der Waals surface area (Å²) in [7, 11) is 1.86. The molecular weight excluding hydrogens is 114 g/mol. The van der Waals surface area contributed by atoms with Crippen molar-refractivity contribution < 1.29 is 0 Å². The fourth-order valence-corrected chi connectivity index (χ4v) is 0.605. The zero-order chi connectivity index (χ0) is 6.69. The molecule has 1 aromatic heterocycles. The van der Waals surface area contributed by atoms with Crippen LogP contribution < -0.4 is 0 Å². The molecule has 0 saturated carbocycles. The Balaban J connectivity index is 2.94. The van der Waals surface area contributed by atoms with Crippen molar-refractivity contribution in [3.63, 3.8) is 0 Å². The Labute approximate surface area is 54.0 Å². The summed E-state index contributed by atoms with van der Waals surface area (Å²) in [6.07, 6.45) is 5.38. The van der Waals surface area contributed by atoms with Crippen LogP contribution in [0, 0.1) is 0 Å². The first kappa shape index (κ1) is 6.01. The molecule has 1 aromatic rings. The molecule has 9 heavy (non-hydrogen) atoms. The van der Waals surface area contributed by atoms with E-state index in [-0.39, 0.29) is 0 Å². The number of hydrogen-bond acceptors (Lipinski definition) is 2. The third kappa shape index (κ3) is 1.16. The molecule has 0 aliphatic carbocycles. The van der Waals surface area contributed by atoms with Crippen LogP contribution in [0.15, 0.2) is 12.4 Å². The molecule has 0 unspecified atom stereocenters. The van der Waals surface area contributed by atoms with Gasteiger partial charge in [-0.3, -0.25) is 0 Å². The van der Waals surface area contributed by atoms with Crippen molar-refractivity contribution in [3.8, 4) is 0 Å². The third-order valence-electron chi connectivity index (χ3n) is 1.06. The van der Waals surface area contributed by atoms with Gasteiger partial charge < -0.3 is 0 Å². The molecule has 0 fully saturated rings. The molecule has 0 radical (unpaired) electrons. The summed E-state index contributed by atoms with van der Waals surface area (Å²) in [4.78, 5) is 3.97. The topological polar surface area (TPSA) is 30.7 Å². The van der Waals surface area contributed by atoms with Crippen molar-refractivity contribution in [2.24, 2.45) is 7.05 Å². The van der Waals surface area contributed by atoms with E-state index >= 15 is 0 Å². The molecule has 0 bridgehead atoms. The molecule has 0 aliphatic heterocycles. The first-order valence-corrected chi connectivity index (χ1v) is 2.81. The van der Waals surface area contributed by atoms with Crippen LogP contribution in [0.5, 0.6) is 0 Å². The van der Waals surface area contributed by atoms with E-state index < -0.39 is 0 Å². The van der Waals surface area contributed by atoms with Gasteiger partial charge in [0, 0.05) is 7.05 Å². The lowest BCUT2D eigenvalue weighted by Crippen LogP contribution is -1.92. The molecule has 0 atom stereocenters. The van der Waals surface area contributed by atoms with E-state index in [1.807, 2.05) is 26.1 Å². The maximum absolute atomic E-state index is 3.97. The minimum absolute atomic E-state index is 0.887. The van der Waals surface area contributed by atoms with Gasteiger partial charge in [-0.25, -0.2) is 9.67 Å². The van der Waals surface area contributed by atoms with Crippen molar-refractivity contribution >= 4 is 6.08 Å². The predicted molar refractivity (Wildman–Crippen MR) is 35.7 cm³/mol. The summed E-state index contributed by atoms with van der Waals surface area (Å²) in [5.41, 5.74) is 0. The van der Waals surface area contributed by atoms with Gasteiger partial charge in [0.1, 0.15) is 12.2 Å². The van der Waals surface area contributed by atoms with Crippen LogP contribution in [0.2, 0.25) is 0 Å². The largest absolute Gasteiger partial charge is 0.249 e. The molecular formula is C6H9N3. The van der Waals surface area contributed by atoms with Crippen molar-refractivity contribution in [3.05, 3.63) is 18.2 Å². The molecule has 0 amide bonds. The SMILES string of the molecule is C/C=C/c1ncnn1C. The van der Waals surface area contributed by atoms with Gasteiger partial charge in [-0.15, -0.1) is 0 Å².